The van der Waals surface area contributed by atoms with Crippen molar-refractivity contribution in [3.63, 3.8) is 0 Å². The summed E-state index contributed by atoms with van der Waals surface area (Å²) < 4.78 is 12.7. The highest BCUT2D eigenvalue weighted by atomic mass is 32.2. The average Bonchev–Trinajstić information content (AvgIpc) is 3.53. The molecule has 0 radical (unpaired) electrons. The number of thioether (sulfide) groups is 1. The monoisotopic (exact) mass is 434 g/mol. The lowest BCUT2D eigenvalue weighted by Crippen LogP contribution is -2.22. The normalized spacial score (nSPS) is 10.9. The van der Waals surface area contributed by atoms with Gasteiger partial charge in [0.2, 0.25) is 0 Å². The molecule has 8 heteroatoms. The molecule has 0 atom stereocenters. The number of aromatic nitrogens is 3. The van der Waals surface area contributed by atoms with Gasteiger partial charge in [0.05, 0.1) is 24.6 Å². The van der Waals surface area contributed by atoms with Crippen molar-refractivity contribution >= 4 is 17.7 Å². The van der Waals surface area contributed by atoms with Gasteiger partial charge in [-0.15, -0.1) is 16.8 Å². The molecule has 7 nitrogen and oxygen atoms in total. The summed E-state index contributed by atoms with van der Waals surface area (Å²) in [5.41, 5.74) is 2.54. The number of amides is 1. The molecule has 0 aliphatic rings. The Morgan fingerprint density at radius 3 is 2.84 bits per heavy atom. The molecule has 3 aromatic heterocycles. The van der Waals surface area contributed by atoms with Gasteiger partial charge in [-0.1, -0.05) is 30.0 Å². The fraction of sp³-hybridized carbons (Fsp3) is 0.174. The van der Waals surface area contributed by atoms with Crippen LogP contribution in [-0.2, 0) is 18.8 Å². The number of allylic oxidation sites excluding steroid dienone is 1. The van der Waals surface area contributed by atoms with E-state index in [4.69, 9.17) is 8.83 Å². The molecule has 0 spiro atoms. The minimum Gasteiger partial charge on any atom is -0.469 e. The summed E-state index contributed by atoms with van der Waals surface area (Å²) in [5, 5.41) is 12.4. The van der Waals surface area contributed by atoms with Gasteiger partial charge in [0.1, 0.15) is 11.5 Å². The van der Waals surface area contributed by atoms with E-state index >= 15 is 0 Å². The zero-order chi connectivity index (χ0) is 21.6. The van der Waals surface area contributed by atoms with Gasteiger partial charge < -0.3 is 14.2 Å². The van der Waals surface area contributed by atoms with Crippen molar-refractivity contribution in [2.45, 2.75) is 30.9 Å². The lowest BCUT2D eigenvalue weighted by atomic mass is 10.1. The molecule has 1 N–H and O–H groups in total. The van der Waals surface area contributed by atoms with Crippen LogP contribution in [0.5, 0.6) is 0 Å². The second-order valence-electron chi connectivity index (χ2n) is 6.85. The van der Waals surface area contributed by atoms with Crippen molar-refractivity contribution in [3.05, 3.63) is 90.3 Å². The lowest BCUT2D eigenvalue weighted by molar-refractivity contribution is 0.0948. The van der Waals surface area contributed by atoms with Crippen molar-refractivity contribution in [2.24, 2.45) is 0 Å². The summed E-state index contributed by atoms with van der Waals surface area (Å²) in [4.78, 5) is 12.5. The van der Waals surface area contributed by atoms with Crippen LogP contribution in [0.1, 0.15) is 27.4 Å². The van der Waals surface area contributed by atoms with E-state index in [1.807, 2.05) is 47.9 Å². The van der Waals surface area contributed by atoms with Gasteiger partial charge in [-0.25, -0.2) is 0 Å². The highest BCUT2D eigenvalue weighted by Crippen LogP contribution is 2.28. The van der Waals surface area contributed by atoms with Crippen molar-refractivity contribution in [2.75, 3.05) is 0 Å². The van der Waals surface area contributed by atoms with E-state index in [0.717, 1.165) is 27.9 Å². The molecular formula is C23H22N4O3S. The van der Waals surface area contributed by atoms with E-state index in [1.165, 1.54) is 0 Å². The Labute approximate surface area is 184 Å². The third-order valence-corrected chi connectivity index (χ3v) is 5.73. The van der Waals surface area contributed by atoms with Gasteiger partial charge in [0.25, 0.3) is 5.91 Å². The lowest BCUT2D eigenvalue weighted by Gasteiger charge is -2.08. The fourth-order valence-corrected chi connectivity index (χ4v) is 4.03. The zero-order valence-electron chi connectivity index (χ0n) is 17.1. The van der Waals surface area contributed by atoms with E-state index in [2.05, 4.69) is 22.1 Å². The van der Waals surface area contributed by atoms with E-state index < -0.39 is 0 Å². The van der Waals surface area contributed by atoms with Crippen LogP contribution in [-0.4, -0.2) is 20.7 Å². The maximum Gasteiger partial charge on any atom is 0.251 e. The van der Waals surface area contributed by atoms with Crippen LogP contribution < -0.4 is 5.32 Å². The molecule has 0 aliphatic carbocycles. The quantitative estimate of drug-likeness (QED) is 0.299. The molecule has 3 heterocycles. The predicted molar refractivity (Wildman–Crippen MR) is 119 cm³/mol. The van der Waals surface area contributed by atoms with E-state index in [0.29, 0.717) is 30.2 Å². The van der Waals surface area contributed by atoms with E-state index in [9.17, 15) is 4.79 Å². The first-order valence-corrected chi connectivity index (χ1v) is 10.7. The van der Waals surface area contributed by atoms with Crippen LogP contribution in [0, 0.1) is 6.92 Å². The maximum atomic E-state index is 12.5. The average molecular weight is 435 g/mol. The number of benzene rings is 1. The largest absolute Gasteiger partial charge is 0.469 e. The number of rotatable bonds is 9. The first-order valence-electron chi connectivity index (χ1n) is 9.76. The molecule has 158 valence electrons. The molecule has 0 saturated carbocycles. The van der Waals surface area contributed by atoms with Crippen LogP contribution >= 0.6 is 11.8 Å². The Kier molecular flexibility index (Phi) is 6.37. The molecular weight excluding hydrogens is 412 g/mol. The van der Waals surface area contributed by atoms with E-state index in [-0.39, 0.29) is 5.91 Å². The first-order chi connectivity index (χ1) is 15.2. The van der Waals surface area contributed by atoms with Crippen molar-refractivity contribution < 1.29 is 13.6 Å². The molecule has 0 fully saturated rings. The maximum absolute atomic E-state index is 12.5. The van der Waals surface area contributed by atoms with Crippen LogP contribution in [0.2, 0.25) is 0 Å². The highest BCUT2D eigenvalue weighted by Gasteiger charge is 2.17. The van der Waals surface area contributed by atoms with Crippen LogP contribution in [0.25, 0.3) is 11.4 Å². The Hall–Kier alpha value is -3.52. The minimum absolute atomic E-state index is 0.143. The second kappa shape index (κ2) is 9.53. The van der Waals surface area contributed by atoms with Crippen LogP contribution in [0.3, 0.4) is 0 Å². The summed E-state index contributed by atoms with van der Waals surface area (Å²) in [6.45, 7) is 6.69. The molecule has 0 unspecified atom stereocenters. The van der Waals surface area contributed by atoms with Gasteiger partial charge >= 0.3 is 0 Å². The summed E-state index contributed by atoms with van der Waals surface area (Å²) in [7, 11) is 0. The first kappa shape index (κ1) is 20.7. The minimum atomic E-state index is -0.143. The third kappa shape index (κ3) is 4.80. The molecule has 1 aromatic carbocycles. The molecule has 4 rings (SSSR count). The van der Waals surface area contributed by atoms with Gasteiger partial charge in [-0.3, -0.25) is 9.36 Å². The van der Waals surface area contributed by atoms with E-state index in [1.54, 1.807) is 36.4 Å². The molecule has 4 aromatic rings. The number of carbonyl (C=O) groups excluding carboxylic acids is 1. The Morgan fingerprint density at radius 1 is 1.19 bits per heavy atom. The van der Waals surface area contributed by atoms with Gasteiger partial charge in [0, 0.05) is 17.9 Å². The molecule has 0 saturated heterocycles. The number of nitrogens with zero attached hydrogens (tertiary/aromatic N) is 3. The number of hydrogen-bond acceptors (Lipinski definition) is 6. The van der Waals surface area contributed by atoms with Gasteiger partial charge in [-0.05, 0) is 42.8 Å². The number of carbonyl (C=O) groups is 1. The topological polar surface area (TPSA) is 86.1 Å². The highest BCUT2D eigenvalue weighted by molar-refractivity contribution is 7.98. The van der Waals surface area contributed by atoms with Crippen LogP contribution in [0.4, 0.5) is 0 Å². The number of nitrogens with one attached hydrogen (secondary N) is 1. The molecule has 0 aliphatic heterocycles. The Morgan fingerprint density at radius 2 is 2.10 bits per heavy atom. The number of furan rings is 2. The summed E-state index contributed by atoms with van der Waals surface area (Å²) in [6.07, 6.45) is 5.05. The molecule has 0 bridgehead atoms. The van der Waals surface area contributed by atoms with Gasteiger partial charge in [0.15, 0.2) is 11.0 Å². The SMILES string of the molecule is C=CCn1c(SCc2cccc(C(=O)NCc3ccco3)c2)nnc1-c1ccoc1C. The van der Waals surface area contributed by atoms with Crippen LogP contribution in [0.15, 0.2) is 81.6 Å². The third-order valence-electron chi connectivity index (χ3n) is 4.69. The Balaban J connectivity index is 1.45. The number of aryl methyl sites for hydroxylation is 1. The van der Waals surface area contributed by atoms with Crippen molar-refractivity contribution in [1.29, 1.82) is 0 Å². The Bertz CT molecular complexity index is 1180. The smallest absolute Gasteiger partial charge is 0.251 e. The standard InChI is InChI=1S/C23H22N4O3S/c1-3-10-27-21(20-9-12-29-16(20)2)25-26-23(27)31-15-17-6-4-7-18(13-17)22(28)24-14-19-8-5-11-30-19/h3-9,11-13H,1,10,14-15H2,2H3,(H,24,28). The van der Waals surface area contributed by atoms with Crippen molar-refractivity contribution in [1.82, 2.24) is 20.1 Å². The second-order valence-corrected chi connectivity index (χ2v) is 7.79. The predicted octanol–water partition coefficient (Wildman–Crippen LogP) is 4.85. The summed E-state index contributed by atoms with van der Waals surface area (Å²) in [5.74, 6) is 2.77. The zero-order valence-corrected chi connectivity index (χ0v) is 17.9. The molecule has 31 heavy (non-hydrogen) atoms. The molecule has 1 amide bonds. The van der Waals surface area contributed by atoms with Gasteiger partial charge in [-0.2, -0.15) is 0 Å². The number of hydrogen-bond donors (Lipinski definition) is 1. The fourth-order valence-electron chi connectivity index (χ4n) is 3.14. The van der Waals surface area contributed by atoms with Crippen molar-refractivity contribution in [3.8, 4) is 11.4 Å². The summed E-state index contributed by atoms with van der Waals surface area (Å²) in [6, 6.07) is 13.1. The summed E-state index contributed by atoms with van der Waals surface area (Å²) >= 11 is 1.56.